The van der Waals surface area contributed by atoms with Gasteiger partial charge in [0.25, 0.3) is 0 Å². The lowest BCUT2D eigenvalue weighted by atomic mass is 10.3. The van der Waals surface area contributed by atoms with Crippen molar-refractivity contribution in [1.82, 2.24) is 0 Å². The largest absolute Gasteiger partial charge is 0.494 e. The molecule has 0 N–H and O–H groups in total. The maximum absolute atomic E-state index is 6.03. The van der Waals surface area contributed by atoms with E-state index < -0.39 is 0 Å². The molecule has 106 valence electrons. The standard InChI is InChI=1S/C14H18Cl2O3/c15-11-3-5-12(6-4-11)17-8-1-2-9-18-14-13(16)7-10-19-14/h3-6,13-14H,1-2,7-10H2. The summed E-state index contributed by atoms with van der Waals surface area (Å²) in [5.41, 5.74) is 0. The Balaban J connectivity index is 1.51. The summed E-state index contributed by atoms with van der Waals surface area (Å²) in [4.78, 5) is 0. The van der Waals surface area contributed by atoms with Crippen molar-refractivity contribution >= 4 is 23.2 Å². The van der Waals surface area contributed by atoms with Gasteiger partial charge in [0.1, 0.15) is 5.75 Å². The highest BCUT2D eigenvalue weighted by atomic mass is 35.5. The van der Waals surface area contributed by atoms with Gasteiger partial charge in [-0.1, -0.05) is 11.6 Å². The first kappa shape index (κ1) is 14.9. The van der Waals surface area contributed by atoms with Crippen LogP contribution >= 0.6 is 23.2 Å². The maximum Gasteiger partial charge on any atom is 0.173 e. The van der Waals surface area contributed by atoms with Crippen LogP contribution in [0.4, 0.5) is 0 Å². The van der Waals surface area contributed by atoms with Gasteiger partial charge in [0.05, 0.1) is 18.6 Å². The van der Waals surface area contributed by atoms with Gasteiger partial charge < -0.3 is 14.2 Å². The second-order valence-electron chi connectivity index (χ2n) is 4.42. The smallest absolute Gasteiger partial charge is 0.173 e. The molecule has 0 amide bonds. The molecule has 0 saturated carbocycles. The number of ether oxygens (including phenoxy) is 3. The minimum absolute atomic E-state index is 0.00897. The fraction of sp³-hybridized carbons (Fsp3) is 0.571. The summed E-state index contributed by atoms with van der Waals surface area (Å²) in [6, 6.07) is 7.36. The lowest BCUT2D eigenvalue weighted by molar-refractivity contribution is -0.110. The fourth-order valence-corrected chi connectivity index (χ4v) is 2.17. The molecule has 2 atom stereocenters. The molecule has 3 nitrogen and oxygen atoms in total. The number of unbranched alkanes of at least 4 members (excludes halogenated alkanes) is 1. The molecule has 0 bridgehead atoms. The van der Waals surface area contributed by atoms with Gasteiger partial charge in [-0.05, 0) is 43.5 Å². The molecule has 5 heteroatoms. The van der Waals surface area contributed by atoms with Gasteiger partial charge in [0.15, 0.2) is 6.29 Å². The summed E-state index contributed by atoms with van der Waals surface area (Å²) in [5, 5.41) is 0.707. The average molecular weight is 305 g/mol. The monoisotopic (exact) mass is 304 g/mol. The molecule has 2 rings (SSSR count). The third kappa shape index (κ3) is 5.19. The summed E-state index contributed by atoms with van der Waals surface area (Å²) in [5.74, 6) is 0.838. The van der Waals surface area contributed by atoms with Crippen molar-refractivity contribution in [3.05, 3.63) is 29.3 Å². The molecule has 1 aromatic rings. The van der Waals surface area contributed by atoms with E-state index in [0.717, 1.165) is 25.0 Å². The minimum atomic E-state index is -0.237. The van der Waals surface area contributed by atoms with Crippen LogP contribution in [-0.2, 0) is 9.47 Å². The Bertz CT molecular complexity index is 369. The van der Waals surface area contributed by atoms with Crippen LogP contribution in [0.15, 0.2) is 24.3 Å². The molecule has 0 aliphatic carbocycles. The van der Waals surface area contributed by atoms with Gasteiger partial charge in [0.2, 0.25) is 0 Å². The average Bonchev–Trinajstić information content (AvgIpc) is 2.81. The molecule has 19 heavy (non-hydrogen) atoms. The van der Waals surface area contributed by atoms with Crippen LogP contribution in [0.25, 0.3) is 0 Å². The summed E-state index contributed by atoms with van der Waals surface area (Å²) in [6.45, 7) is 2.01. The normalized spacial score (nSPS) is 22.6. The van der Waals surface area contributed by atoms with Gasteiger partial charge in [-0.3, -0.25) is 0 Å². The minimum Gasteiger partial charge on any atom is -0.494 e. The van der Waals surface area contributed by atoms with E-state index in [1.165, 1.54) is 0 Å². The summed E-state index contributed by atoms with van der Waals surface area (Å²) in [6.07, 6.45) is 2.49. The fourth-order valence-electron chi connectivity index (χ4n) is 1.81. The Morgan fingerprint density at radius 3 is 2.58 bits per heavy atom. The van der Waals surface area contributed by atoms with Crippen LogP contribution in [0.2, 0.25) is 5.02 Å². The Morgan fingerprint density at radius 2 is 1.89 bits per heavy atom. The van der Waals surface area contributed by atoms with Gasteiger partial charge in [-0.15, -0.1) is 11.6 Å². The summed E-state index contributed by atoms with van der Waals surface area (Å²) >= 11 is 11.8. The van der Waals surface area contributed by atoms with Crippen LogP contribution in [-0.4, -0.2) is 31.5 Å². The van der Waals surface area contributed by atoms with E-state index >= 15 is 0 Å². The number of alkyl halides is 1. The van der Waals surface area contributed by atoms with Gasteiger partial charge >= 0.3 is 0 Å². The van der Waals surface area contributed by atoms with Gasteiger partial charge in [-0.2, -0.15) is 0 Å². The number of halogens is 2. The number of benzene rings is 1. The van der Waals surface area contributed by atoms with Crippen molar-refractivity contribution in [2.24, 2.45) is 0 Å². The molecule has 1 saturated heterocycles. The van der Waals surface area contributed by atoms with Gasteiger partial charge in [-0.25, -0.2) is 0 Å². The highest BCUT2D eigenvalue weighted by Crippen LogP contribution is 2.20. The molecule has 1 aliphatic rings. The zero-order valence-corrected chi connectivity index (χ0v) is 12.2. The van der Waals surface area contributed by atoms with Crippen molar-refractivity contribution < 1.29 is 14.2 Å². The zero-order chi connectivity index (χ0) is 13.5. The van der Waals surface area contributed by atoms with E-state index in [1.54, 1.807) is 0 Å². The lowest BCUT2D eigenvalue weighted by Gasteiger charge is -2.14. The Kier molecular flexibility index (Phi) is 6.24. The Hall–Kier alpha value is -0.480. The van der Waals surface area contributed by atoms with E-state index in [9.17, 15) is 0 Å². The molecule has 1 heterocycles. The van der Waals surface area contributed by atoms with Crippen molar-refractivity contribution in [2.75, 3.05) is 19.8 Å². The van der Waals surface area contributed by atoms with Crippen molar-refractivity contribution in [1.29, 1.82) is 0 Å². The van der Waals surface area contributed by atoms with Crippen LogP contribution < -0.4 is 4.74 Å². The molecule has 1 aromatic carbocycles. The van der Waals surface area contributed by atoms with Crippen LogP contribution in [0.3, 0.4) is 0 Å². The molecule has 2 unspecified atom stereocenters. The number of rotatable bonds is 7. The highest BCUT2D eigenvalue weighted by Gasteiger charge is 2.26. The van der Waals surface area contributed by atoms with Gasteiger partial charge in [0, 0.05) is 11.6 Å². The second kappa shape index (κ2) is 7.95. The van der Waals surface area contributed by atoms with E-state index in [4.69, 9.17) is 37.4 Å². The topological polar surface area (TPSA) is 27.7 Å². The van der Waals surface area contributed by atoms with Crippen LogP contribution in [0, 0.1) is 0 Å². The Labute approximate surface area is 123 Å². The summed E-state index contributed by atoms with van der Waals surface area (Å²) < 4.78 is 16.5. The van der Waals surface area contributed by atoms with Crippen LogP contribution in [0.1, 0.15) is 19.3 Å². The molecule has 1 aliphatic heterocycles. The highest BCUT2D eigenvalue weighted by molar-refractivity contribution is 6.30. The molecule has 0 aromatic heterocycles. The van der Waals surface area contributed by atoms with E-state index in [2.05, 4.69) is 0 Å². The predicted molar refractivity (Wildman–Crippen MR) is 76.1 cm³/mol. The Morgan fingerprint density at radius 1 is 1.16 bits per heavy atom. The van der Waals surface area contributed by atoms with Crippen molar-refractivity contribution in [2.45, 2.75) is 30.9 Å². The second-order valence-corrected chi connectivity index (χ2v) is 5.42. The lowest BCUT2D eigenvalue weighted by Crippen LogP contribution is -2.20. The molecule has 1 fully saturated rings. The molecule has 0 spiro atoms. The third-order valence-electron chi connectivity index (χ3n) is 2.87. The van der Waals surface area contributed by atoms with E-state index in [-0.39, 0.29) is 11.7 Å². The third-order valence-corrected chi connectivity index (χ3v) is 3.55. The zero-order valence-electron chi connectivity index (χ0n) is 10.7. The maximum atomic E-state index is 6.03. The number of hydrogen-bond acceptors (Lipinski definition) is 3. The first-order valence-electron chi connectivity index (χ1n) is 6.51. The number of hydrogen-bond donors (Lipinski definition) is 0. The van der Waals surface area contributed by atoms with Crippen LogP contribution in [0.5, 0.6) is 5.75 Å². The molecule has 0 radical (unpaired) electrons. The van der Waals surface area contributed by atoms with E-state index in [0.29, 0.717) is 24.8 Å². The van der Waals surface area contributed by atoms with E-state index in [1.807, 2.05) is 24.3 Å². The first-order chi connectivity index (χ1) is 9.25. The molecular formula is C14H18Cl2O3. The predicted octanol–water partition coefficient (Wildman–Crippen LogP) is 3.87. The quantitative estimate of drug-likeness (QED) is 0.565. The SMILES string of the molecule is Clc1ccc(OCCCCOC2OCCC2Cl)cc1. The summed E-state index contributed by atoms with van der Waals surface area (Å²) in [7, 11) is 0. The molecular weight excluding hydrogens is 287 g/mol. The van der Waals surface area contributed by atoms with Crippen molar-refractivity contribution in [3.63, 3.8) is 0 Å². The van der Waals surface area contributed by atoms with Crippen molar-refractivity contribution in [3.8, 4) is 5.75 Å². The first-order valence-corrected chi connectivity index (χ1v) is 7.33.